The fourth-order valence-corrected chi connectivity index (χ4v) is 3.35. The summed E-state index contributed by atoms with van der Waals surface area (Å²) in [6.07, 6.45) is 12.0. The first-order valence-corrected chi connectivity index (χ1v) is 9.96. The van der Waals surface area contributed by atoms with Gasteiger partial charge in [0.15, 0.2) is 0 Å². The Labute approximate surface area is 165 Å². The van der Waals surface area contributed by atoms with Crippen molar-refractivity contribution < 1.29 is 9.53 Å². The van der Waals surface area contributed by atoms with Gasteiger partial charge in [0.1, 0.15) is 6.10 Å². The van der Waals surface area contributed by atoms with Crippen LogP contribution in [0.5, 0.6) is 0 Å². The molecule has 2 rings (SSSR count). The molecule has 0 aliphatic rings. The fraction of sp³-hybridized carbons (Fsp3) is 0.500. The molecule has 1 aromatic carbocycles. The van der Waals surface area contributed by atoms with Gasteiger partial charge in [0, 0.05) is 34.4 Å². The lowest BCUT2D eigenvalue weighted by molar-refractivity contribution is -0.150. The second kappa shape index (κ2) is 11.2. The van der Waals surface area contributed by atoms with Gasteiger partial charge in [0.2, 0.25) is 0 Å². The predicted octanol–water partition coefficient (Wildman–Crippen LogP) is 6.23. The first kappa shape index (κ1) is 20.8. The Bertz CT molecular complexity index is 674. The summed E-state index contributed by atoms with van der Waals surface area (Å²) in [7, 11) is 0. The maximum atomic E-state index is 12.3. The number of aromatic nitrogens is 2. The van der Waals surface area contributed by atoms with Crippen LogP contribution >= 0.6 is 23.2 Å². The van der Waals surface area contributed by atoms with Gasteiger partial charge in [-0.3, -0.25) is 4.79 Å². The fourth-order valence-electron chi connectivity index (χ4n) is 2.82. The molecule has 1 aromatic heterocycles. The van der Waals surface area contributed by atoms with E-state index in [9.17, 15) is 4.79 Å². The maximum Gasteiger partial charge on any atom is 0.306 e. The molecule has 0 saturated heterocycles. The Morgan fingerprint density at radius 3 is 2.65 bits per heavy atom. The van der Waals surface area contributed by atoms with Gasteiger partial charge in [-0.2, -0.15) is 0 Å². The van der Waals surface area contributed by atoms with Crippen LogP contribution in [0, 0.1) is 0 Å². The molecule has 0 aliphatic heterocycles. The van der Waals surface area contributed by atoms with Crippen LogP contribution in [0.15, 0.2) is 36.9 Å². The summed E-state index contributed by atoms with van der Waals surface area (Å²) in [6.45, 7) is 2.66. The van der Waals surface area contributed by atoms with Gasteiger partial charge in [-0.05, 0) is 18.6 Å². The van der Waals surface area contributed by atoms with Gasteiger partial charge < -0.3 is 9.30 Å². The van der Waals surface area contributed by atoms with E-state index in [0.717, 1.165) is 18.4 Å². The number of carbonyl (C=O) groups is 1. The highest BCUT2D eigenvalue weighted by Gasteiger charge is 2.20. The number of unbranched alkanes of at least 4 members (excludes halogenated alkanes) is 5. The highest BCUT2D eigenvalue weighted by Crippen LogP contribution is 2.30. The third-order valence-electron chi connectivity index (χ3n) is 4.25. The normalized spacial score (nSPS) is 12.1. The van der Waals surface area contributed by atoms with E-state index in [1.807, 2.05) is 16.8 Å². The summed E-state index contributed by atoms with van der Waals surface area (Å²) in [5.41, 5.74) is 0.751. The summed E-state index contributed by atoms with van der Waals surface area (Å²) in [4.78, 5) is 16.3. The van der Waals surface area contributed by atoms with Crippen molar-refractivity contribution >= 4 is 29.2 Å². The molecule has 0 radical (unpaired) electrons. The molecule has 1 unspecified atom stereocenters. The van der Waals surface area contributed by atoms with E-state index in [0.29, 0.717) is 23.0 Å². The SMILES string of the molecule is CCCCCCCCC(=O)OC(Cn1ccnc1)c1ccc(Cl)cc1Cl. The number of rotatable bonds is 11. The van der Waals surface area contributed by atoms with Crippen molar-refractivity contribution in [1.82, 2.24) is 9.55 Å². The van der Waals surface area contributed by atoms with Crippen LogP contribution in [0.4, 0.5) is 0 Å². The van der Waals surface area contributed by atoms with E-state index >= 15 is 0 Å². The van der Waals surface area contributed by atoms with Crippen molar-refractivity contribution in [2.24, 2.45) is 0 Å². The van der Waals surface area contributed by atoms with Crippen molar-refractivity contribution in [2.45, 2.75) is 64.5 Å². The number of esters is 1. The Hall–Kier alpha value is -1.52. The van der Waals surface area contributed by atoms with Crippen LogP contribution in [-0.2, 0) is 16.1 Å². The minimum atomic E-state index is -0.471. The van der Waals surface area contributed by atoms with Crippen molar-refractivity contribution in [3.63, 3.8) is 0 Å². The standard InChI is InChI=1S/C20H26Cl2N2O2/c1-2-3-4-5-6-7-8-20(25)26-19(14-24-12-11-23-15-24)17-10-9-16(21)13-18(17)22/h9-13,15,19H,2-8,14H2,1H3. The Morgan fingerprint density at radius 2 is 1.96 bits per heavy atom. The van der Waals surface area contributed by atoms with Gasteiger partial charge in [-0.1, -0.05) is 68.3 Å². The lowest BCUT2D eigenvalue weighted by Crippen LogP contribution is -2.16. The second-order valence-corrected chi connectivity index (χ2v) is 7.27. The van der Waals surface area contributed by atoms with E-state index in [-0.39, 0.29) is 5.97 Å². The Morgan fingerprint density at radius 1 is 1.19 bits per heavy atom. The first-order chi connectivity index (χ1) is 12.6. The van der Waals surface area contributed by atoms with Crippen LogP contribution in [0.2, 0.25) is 10.0 Å². The lowest BCUT2D eigenvalue weighted by Gasteiger charge is -2.20. The van der Waals surface area contributed by atoms with Crippen LogP contribution in [0.25, 0.3) is 0 Å². The zero-order valence-electron chi connectivity index (χ0n) is 15.2. The molecule has 0 fully saturated rings. The molecule has 2 aromatic rings. The average molecular weight is 397 g/mol. The third kappa shape index (κ3) is 7.00. The quantitative estimate of drug-likeness (QED) is 0.334. The topological polar surface area (TPSA) is 44.1 Å². The van der Waals surface area contributed by atoms with Crippen molar-refractivity contribution in [3.8, 4) is 0 Å². The number of ether oxygens (including phenoxy) is 1. The summed E-state index contributed by atoms with van der Waals surface area (Å²) < 4.78 is 7.61. The number of carbonyl (C=O) groups excluding carboxylic acids is 1. The van der Waals surface area contributed by atoms with Gasteiger partial charge in [-0.25, -0.2) is 4.98 Å². The third-order valence-corrected chi connectivity index (χ3v) is 4.82. The zero-order valence-corrected chi connectivity index (χ0v) is 16.7. The molecule has 0 spiro atoms. The summed E-state index contributed by atoms with van der Waals surface area (Å²) >= 11 is 12.3. The highest BCUT2D eigenvalue weighted by molar-refractivity contribution is 6.35. The van der Waals surface area contributed by atoms with Gasteiger partial charge in [0.25, 0.3) is 0 Å². The van der Waals surface area contributed by atoms with Gasteiger partial charge in [-0.15, -0.1) is 0 Å². The molecular weight excluding hydrogens is 371 g/mol. The van der Waals surface area contributed by atoms with E-state index in [2.05, 4.69) is 11.9 Å². The molecule has 142 valence electrons. The number of hydrogen-bond acceptors (Lipinski definition) is 3. The molecule has 0 saturated carbocycles. The number of nitrogens with zero attached hydrogens (tertiary/aromatic N) is 2. The smallest absolute Gasteiger partial charge is 0.306 e. The summed E-state index contributed by atoms with van der Waals surface area (Å²) in [5.74, 6) is -0.198. The second-order valence-electron chi connectivity index (χ2n) is 6.42. The van der Waals surface area contributed by atoms with Crippen LogP contribution in [0.3, 0.4) is 0 Å². The number of imidazole rings is 1. The number of benzene rings is 1. The molecule has 4 nitrogen and oxygen atoms in total. The molecule has 0 bridgehead atoms. The Kier molecular flexibility index (Phi) is 8.99. The molecule has 0 N–H and O–H groups in total. The molecule has 1 atom stereocenters. The predicted molar refractivity (Wildman–Crippen MR) is 106 cm³/mol. The first-order valence-electron chi connectivity index (χ1n) is 9.20. The minimum Gasteiger partial charge on any atom is -0.455 e. The van der Waals surface area contributed by atoms with Crippen molar-refractivity contribution in [2.75, 3.05) is 0 Å². The lowest BCUT2D eigenvalue weighted by atomic mass is 10.1. The highest BCUT2D eigenvalue weighted by atomic mass is 35.5. The molecule has 0 amide bonds. The van der Waals surface area contributed by atoms with Gasteiger partial charge in [0.05, 0.1) is 12.9 Å². The Balaban J connectivity index is 1.94. The van der Waals surface area contributed by atoms with Gasteiger partial charge >= 0.3 is 5.97 Å². The maximum absolute atomic E-state index is 12.3. The van der Waals surface area contributed by atoms with Crippen LogP contribution in [0.1, 0.15) is 63.5 Å². The van der Waals surface area contributed by atoms with Crippen LogP contribution < -0.4 is 0 Å². The minimum absolute atomic E-state index is 0.198. The van der Waals surface area contributed by atoms with E-state index in [1.165, 1.54) is 25.7 Å². The molecule has 26 heavy (non-hydrogen) atoms. The molecular formula is C20H26Cl2N2O2. The molecule has 0 aliphatic carbocycles. The molecule has 1 heterocycles. The zero-order chi connectivity index (χ0) is 18.8. The molecule has 6 heteroatoms. The number of hydrogen-bond donors (Lipinski definition) is 0. The average Bonchev–Trinajstić information content (AvgIpc) is 3.10. The van der Waals surface area contributed by atoms with Crippen molar-refractivity contribution in [3.05, 3.63) is 52.5 Å². The van der Waals surface area contributed by atoms with E-state index in [1.54, 1.807) is 24.7 Å². The summed E-state index contributed by atoms with van der Waals surface area (Å²) in [5, 5.41) is 1.05. The van der Waals surface area contributed by atoms with Crippen molar-refractivity contribution in [1.29, 1.82) is 0 Å². The van der Waals surface area contributed by atoms with Crippen LogP contribution in [-0.4, -0.2) is 15.5 Å². The summed E-state index contributed by atoms with van der Waals surface area (Å²) in [6, 6.07) is 5.23. The number of halogens is 2. The van der Waals surface area contributed by atoms with E-state index in [4.69, 9.17) is 27.9 Å². The van der Waals surface area contributed by atoms with E-state index < -0.39 is 6.10 Å². The monoisotopic (exact) mass is 396 g/mol. The largest absolute Gasteiger partial charge is 0.455 e.